The lowest BCUT2D eigenvalue weighted by Gasteiger charge is -2.16. The van der Waals surface area contributed by atoms with Crippen LogP contribution in [0.5, 0.6) is 11.5 Å². The maximum Gasteiger partial charge on any atom is 0.146 e. The van der Waals surface area contributed by atoms with Crippen molar-refractivity contribution in [1.29, 1.82) is 0 Å². The Morgan fingerprint density at radius 1 is 0.862 bits per heavy atom. The van der Waals surface area contributed by atoms with Crippen LogP contribution in [0.2, 0.25) is 0 Å². The Morgan fingerprint density at radius 2 is 1.55 bits per heavy atom. The van der Waals surface area contributed by atoms with Crippen LogP contribution in [-0.4, -0.2) is 22.7 Å². The smallest absolute Gasteiger partial charge is 0.146 e. The van der Waals surface area contributed by atoms with Crippen LogP contribution in [0.15, 0.2) is 60.7 Å². The summed E-state index contributed by atoms with van der Waals surface area (Å²) >= 11 is 0. The molecule has 0 amide bonds. The van der Waals surface area contributed by atoms with E-state index in [9.17, 15) is 0 Å². The van der Waals surface area contributed by atoms with Gasteiger partial charge in [0.2, 0.25) is 0 Å². The van der Waals surface area contributed by atoms with Gasteiger partial charge >= 0.3 is 0 Å². The summed E-state index contributed by atoms with van der Waals surface area (Å²) in [6, 6.07) is 19.8. The molecule has 5 heteroatoms. The molecule has 2 N–H and O–H groups in total. The number of hydrogen-bond donors (Lipinski definition) is 1. The minimum Gasteiger partial charge on any atom is -0.491 e. The van der Waals surface area contributed by atoms with Crippen molar-refractivity contribution in [3.8, 4) is 11.5 Å². The SMILES string of the molecule is Cc1ccc2cccc(OCCCC(C)Oc3cccc4ccc(N)nc34)c2n1. The van der Waals surface area contributed by atoms with E-state index < -0.39 is 0 Å². The highest BCUT2D eigenvalue weighted by molar-refractivity contribution is 5.86. The van der Waals surface area contributed by atoms with E-state index >= 15 is 0 Å². The zero-order chi connectivity index (χ0) is 20.2. The summed E-state index contributed by atoms with van der Waals surface area (Å²) in [5, 5.41) is 2.11. The summed E-state index contributed by atoms with van der Waals surface area (Å²) in [6.45, 7) is 4.67. The molecule has 1 unspecified atom stereocenters. The molecular weight excluding hydrogens is 362 g/mol. The molecule has 4 rings (SSSR count). The number of ether oxygens (including phenoxy) is 2. The van der Waals surface area contributed by atoms with E-state index in [0.717, 1.165) is 51.8 Å². The second-order valence-electron chi connectivity index (χ2n) is 7.26. The minimum absolute atomic E-state index is 0.0420. The highest BCUT2D eigenvalue weighted by Crippen LogP contribution is 2.27. The van der Waals surface area contributed by atoms with Crippen LogP contribution in [0.4, 0.5) is 5.82 Å². The first-order valence-corrected chi connectivity index (χ1v) is 9.91. The third-order valence-electron chi connectivity index (χ3n) is 4.87. The molecule has 0 bridgehead atoms. The molecule has 5 nitrogen and oxygen atoms in total. The number of nitrogens with two attached hydrogens (primary N) is 1. The van der Waals surface area contributed by atoms with Gasteiger partial charge in [0.1, 0.15) is 28.4 Å². The lowest BCUT2D eigenvalue weighted by atomic mass is 10.2. The van der Waals surface area contributed by atoms with Crippen LogP contribution in [0, 0.1) is 6.92 Å². The Labute approximate surface area is 170 Å². The van der Waals surface area contributed by atoms with Gasteiger partial charge in [-0.15, -0.1) is 0 Å². The van der Waals surface area contributed by atoms with Crippen molar-refractivity contribution in [2.75, 3.05) is 12.3 Å². The topological polar surface area (TPSA) is 70.3 Å². The van der Waals surface area contributed by atoms with Crippen LogP contribution in [-0.2, 0) is 0 Å². The quantitative estimate of drug-likeness (QED) is 0.436. The molecule has 4 aromatic rings. The number of nitrogen functional groups attached to an aromatic ring is 1. The van der Waals surface area contributed by atoms with Gasteiger partial charge in [-0.25, -0.2) is 9.97 Å². The van der Waals surface area contributed by atoms with Crippen LogP contribution in [0.25, 0.3) is 21.8 Å². The fourth-order valence-electron chi connectivity index (χ4n) is 3.39. The molecule has 2 aromatic heterocycles. The van der Waals surface area contributed by atoms with E-state index in [1.807, 2.05) is 49.4 Å². The molecule has 1 atom stereocenters. The number of fused-ring (bicyclic) bond motifs is 2. The highest BCUT2D eigenvalue weighted by atomic mass is 16.5. The Balaban J connectivity index is 1.35. The largest absolute Gasteiger partial charge is 0.491 e. The van der Waals surface area contributed by atoms with E-state index in [0.29, 0.717) is 12.4 Å². The molecule has 0 saturated carbocycles. The normalized spacial score (nSPS) is 12.2. The fourth-order valence-corrected chi connectivity index (χ4v) is 3.39. The summed E-state index contributed by atoms with van der Waals surface area (Å²) in [7, 11) is 0. The van der Waals surface area contributed by atoms with E-state index in [2.05, 4.69) is 29.0 Å². The number of aryl methyl sites for hydroxylation is 1. The predicted octanol–water partition coefficient (Wildman–Crippen LogP) is 5.30. The zero-order valence-electron chi connectivity index (χ0n) is 16.8. The van der Waals surface area contributed by atoms with Crippen LogP contribution in [0.1, 0.15) is 25.5 Å². The molecular formula is C24H25N3O2. The van der Waals surface area contributed by atoms with Gasteiger partial charge in [-0.05, 0) is 57.0 Å². The van der Waals surface area contributed by atoms with E-state index in [-0.39, 0.29) is 6.10 Å². The number of nitrogens with zero attached hydrogens (tertiary/aromatic N) is 2. The number of anilines is 1. The maximum absolute atomic E-state index is 6.13. The number of hydrogen-bond acceptors (Lipinski definition) is 5. The minimum atomic E-state index is 0.0420. The first-order valence-electron chi connectivity index (χ1n) is 9.91. The Hall–Kier alpha value is -3.34. The second-order valence-corrected chi connectivity index (χ2v) is 7.26. The van der Waals surface area contributed by atoms with Crippen LogP contribution < -0.4 is 15.2 Å². The second kappa shape index (κ2) is 8.35. The van der Waals surface area contributed by atoms with Crippen molar-refractivity contribution in [2.45, 2.75) is 32.8 Å². The van der Waals surface area contributed by atoms with Gasteiger partial charge in [0.25, 0.3) is 0 Å². The average Bonchev–Trinajstić information content (AvgIpc) is 2.72. The maximum atomic E-state index is 6.13. The van der Waals surface area contributed by atoms with Crippen molar-refractivity contribution >= 4 is 27.6 Å². The molecule has 148 valence electrons. The summed E-state index contributed by atoms with van der Waals surface area (Å²) in [5.41, 5.74) is 8.54. The number of pyridine rings is 2. The summed E-state index contributed by atoms with van der Waals surface area (Å²) in [4.78, 5) is 9.04. The molecule has 2 heterocycles. The third-order valence-corrected chi connectivity index (χ3v) is 4.87. The van der Waals surface area contributed by atoms with Crippen LogP contribution >= 0.6 is 0 Å². The zero-order valence-corrected chi connectivity index (χ0v) is 16.8. The summed E-state index contributed by atoms with van der Waals surface area (Å²) in [6.07, 6.45) is 1.79. The lowest BCUT2D eigenvalue weighted by Crippen LogP contribution is -2.14. The number of aromatic nitrogens is 2. The average molecular weight is 387 g/mol. The van der Waals surface area contributed by atoms with Crippen LogP contribution in [0.3, 0.4) is 0 Å². The molecule has 2 aromatic carbocycles. The molecule has 0 saturated heterocycles. The van der Waals surface area contributed by atoms with E-state index in [4.69, 9.17) is 15.2 Å². The van der Waals surface area contributed by atoms with E-state index in [1.165, 1.54) is 0 Å². The van der Waals surface area contributed by atoms with Gasteiger partial charge in [0.15, 0.2) is 0 Å². The molecule has 0 radical (unpaired) electrons. The van der Waals surface area contributed by atoms with Gasteiger partial charge in [0, 0.05) is 16.5 Å². The fraction of sp³-hybridized carbons (Fsp3) is 0.250. The summed E-state index contributed by atoms with van der Waals surface area (Å²) in [5.74, 6) is 2.08. The Kier molecular flexibility index (Phi) is 5.47. The first-order chi connectivity index (χ1) is 14.1. The van der Waals surface area contributed by atoms with Crippen molar-refractivity contribution in [3.63, 3.8) is 0 Å². The third kappa shape index (κ3) is 4.40. The molecule has 29 heavy (non-hydrogen) atoms. The first kappa shape index (κ1) is 19.0. The molecule has 0 fully saturated rings. The van der Waals surface area contributed by atoms with Gasteiger partial charge in [-0.2, -0.15) is 0 Å². The van der Waals surface area contributed by atoms with Gasteiger partial charge < -0.3 is 15.2 Å². The lowest BCUT2D eigenvalue weighted by molar-refractivity contribution is 0.196. The molecule has 0 spiro atoms. The Morgan fingerprint density at radius 3 is 2.34 bits per heavy atom. The Bertz CT molecular complexity index is 1140. The summed E-state index contributed by atoms with van der Waals surface area (Å²) < 4.78 is 12.1. The highest BCUT2D eigenvalue weighted by Gasteiger charge is 2.10. The van der Waals surface area contributed by atoms with E-state index in [1.54, 1.807) is 6.07 Å². The molecule has 0 aliphatic heterocycles. The standard InChI is InChI=1S/C24H25N3O2/c1-16-11-12-18-7-3-9-20(23(18)26-16)28-15-5-6-17(2)29-21-10-4-8-19-13-14-22(25)27-24(19)21/h3-4,7-14,17H,5-6,15H2,1-2H3,(H2,25,27). The number of benzene rings is 2. The van der Waals surface area contributed by atoms with Crippen molar-refractivity contribution in [3.05, 3.63) is 66.4 Å². The van der Waals surface area contributed by atoms with Gasteiger partial charge in [-0.1, -0.05) is 30.3 Å². The van der Waals surface area contributed by atoms with Crippen molar-refractivity contribution < 1.29 is 9.47 Å². The van der Waals surface area contributed by atoms with Gasteiger partial charge in [-0.3, -0.25) is 0 Å². The molecule has 0 aliphatic carbocycles. The van der Waals surface area contributed by atoms with Crippen molar-refractivity contribution in [1.82, 2.24) is 9.97 Å². The monoisotopic (exact) mass is 387 g/mol. The predicted molar refractivity (Wildman–Crippen MR) is 117 cm³/mol. The molecule has 0 aliphatic rings. The number of rotatable bonds is 7. The number of para-hydroxylation sites is 2. The van der Waals surface area contributed by atoms with Gasteiger partial charge in [0.05, 0.1) is 12.7 Å². The van der Waals surface area contributed by atoms with Crippen molar-refractivity contribution in [2.24, 2.45) is 0 Å².